The van der Waals surface area contributed by atoms with E-state index in [0.29, 0.717) is 0 Å². The fourth-order valence-corrected chi connectivity index (χ4v) is 20.1. The van der Waals surface area contributed by atoms with Crippen LogP contribution in [0.4, 0.5) is 85.3 Å². The first kappa shape index (κ1) is 66.5. The Morgan fingerprint density at radius 1 is 0.270 bits per heavy atom. The SMILES string of the molecule is CC(C)(C)c1cc2c3c(c1)N(c1c(-c4ccccc4)cccc1-c1ccccc1)c1cc4c(cc1B3c1ccccc1N2c1ccccc1)C1(c2ccccc2-c2ccccc21)c1cc2c(cc1N4c1ccccc1)N(c1ccccc1)c1cc(N(c3ccccc3)c3ccccc3-c3ccccc3)cc3c1B2c1ccccc1O3. The minimum absolute atomic E-state index is 0.238. The van der Waals surface area contributed by atoms with E-state index in [1.54, 1.807) is 0 Å². The molecule has 540 valence electrons. The van der Waals surface area contributed by atoms with Crippen LogP contribution in [0.25, 0.3) is 44.5 Å². The lowest BCUT2D eigenvalue weighted by Gasteiger charge is -2.50. The molecule has 0 saturated heterocycles. The third kappa shape index (κ3) is 9.98. The van der Waals surface area contributed by atoms with Crippen molar-refractivity contribution >= 4 is 132 Å². The van der Waals surface area contributed by atoms with Gasteiger partial charge < -0.3 is 29.2 Å². The fraction of sp³-hybridized carbons (Fsp3) is 0.0467. The Morgan fingerprint density at radius 2 is 0.678 bits per heavy atom. The molecule has 0 atom stereocenters. The molecule has 0 unspecified atom stereocenters. The summed E-state index contributed by atoms with van der Waals surface area (Å²) in [4.78, 5) is 12.9. The molecule has 23 rings (SSSR count). The van der Waals surface area contributed by atoms with E-state index in [2.05, 4.69) is 446 Å². The van der Waals surface area contributed by atoms with Crippen molar-refractivity contribution < 1.29 is 4.74 Å². The summed E-state index contributed by atoms with van der Waals surface area (Å²) in [5.74, 6) is 1.65. The third-order valence-corrected chi connectivity index (χ3v) is 25.0. The molecular weight excluding hydrogens is 1390 g/mol. The van der Waals surface area contributed by atoms with Gasteiger partial charge in [-0.15, -0.1) is 0 Å². The van der Waals surface area contributed by atoms with Crippen molar-refractivity contribution in [3.63, 3.8) is 0 Å². The molecule has 115 heavy (non-hydrogen) atoms. The molecule has 0 radical (unpaired) electrons. The van der Waals surface area contributed by atoms with E-state index in [-0.39, 0.29) is 18.8 Å². The molecule has 6 nitrogen and oxygen atoms in total. The van der Waals surface area contributed by atoms with Crippen molar-refractivity contribution in [1.29, 1.82) is 0 Å². The lowest BCUT2D eigenvalue weighted by molar-refractivity contribution is 0.487. The maximum Gasteiger partial charge on any atom is 0.256 e. The fourth-order valence-electron chi connectivity index (χ4n) is 20.1. The third-order valence-electron chi connectivity index (χ3n) is 25.0. The van der Waals surface area contributed by atoms with E-state index in [9.17, 15) is 0 Å². The average Bonchev–Trinajstić information content (AvgIpc) is 1.59. The van der Waals surface area contributed by atoms with Crippen molar-refractivity contribution in [1.82, 2.24) is 0 Å². The van der Waals surface area contributed by atoms with Gasteiger partial charge in [-0.05, 0) is 191 Å². The Balaban J connectivity index is 0.867. The quantitative estimate of drug-likeness (QED) is 0.127. The minimum atomic E-state index is -0.920. The normalized spacial score (nSPS) is 13.7. The van der Waals surface area contributed by atoms with Crippen molar-refractivity contribution in [2.75, 3.05) is 24.5 Å². The van der Waals surface area contributed by atoms with Crippen molar-refractivity contribution in [3.05, 3.63) is 428 Å². The van der Waals surface area contributed by atoms with E-state index in [1.807, 2.05) is 0 Å². The Bertz CT molecular complexity index is 6670. The van der Waals surface area contributed by atoms with E-state index < -0.39 is 5.41 Å². The van der Waals surface area contributed by atoms with E-state index >= 15 is 0 Å². The Morgan fingerprint density at radius 3 is 1.23 bits per heavy atom. The predicted octanol–water partition coefficient (Wildman–Crippen LogP) is 24.1. The highest BCUT2D eigenvalue weighted by atomic mass is 16.5. The smallest absolute Gasteiger partial charge is 0.256 e. The second-order valence-electron chi connectivity index (χ2n) is 32.2. The van der Waals surface area contributed by atoms with Gasteiger partial charge >= 0.3 is 0 Å². The molecule has 17 aromatic rings. The number of benzene rings is 17. The molecule has 6 aliphatic rings. The first-order valence-electron chi connectivity index (χ1n) is 40.1. The molecule has 5 heterocycles. The average molecular weight is 1470 g/mol. The predicted molar refractivity (Wildman–Crippen MR) is 482 cm³/mol. The van der Waals surface area contributed by atoms with Crippen LogP contribution in [-0.4, -0.2) is 13.4 Å². The highest BCUT2D eigenvalue weighted by Crippen LogP contribution is 2.66. The van der Waals surface area contributed by atoms with Crippen LogP contribution in [-0.2, 0) is 10.8 Å². The molecule has 8 heteroatoms. The molecule has 5 aliphatic heterocycles. The maximum atomic E-state index is 7.55. The second-order valence-corrected chi connectivity index (χ2v) is 32.2. The van der Waals surface area contributed by atoms with Crippen LogP contribution in [0.1, 0.15) is 48.6 Å². The first-order chi connectivity index (χ1) is 56.7. The van der Waals surface area contributed by atoms with Crippen LogP contribution in [0, 0.1) is 0 Å². The molecule has 0 fully saturated rings. The highest BCUT2D eigenvalue weighted by molar-refractivity contribution is 7.01. The van der Waals surface area contributed by atoms with Crippen molar-refractivity contribution in [2.24, 2.45) is 0 Å². The number of hydrogen-bond donors (Lipinski definition) is 0. The summed E-state index contributed by atoms with van der Waals surface area (Å²) in [6, 6.07) is 150. The molecule has 0 amide bonds. The van der Waals surface area contributed by atoms with Gasteiger partial charge in [-0.1, -0.05) is 318 Å². The van der Waals surface area contributed by atoms with Crippen molar-refractivity contribution in [2.45, 2.75) is 31.6 Å². The topological polar surface area (TPSA) is 25.4 Å². The van der Waals surface area contributed by atoms with Gasteiger partial charge in [0.15, 0.2) is 0 Å². The summed E-state index contributed by atoms with van der Waals surface area (Å²) in [7, 11) is 0. The van der Waals surface area contributed by atoms with Gasteiger partial charge in [-0.2, -0.15) is 0 Å². The van der Waals surface area contributed by atoms with Crippen LogP contribution in [0.5, 0.6) is 11.5 Å². The molecular formula is C107H75B2N5O. The summed E-state index contributed by atoms with van der Waals surface area (Å²) < 4.78 is 7.55. The molecule has 1 spiro atoms. The maximum absolute atomic E-state index is 7.55. The van der Waals surface area contributed by atoms with Gasteiger partial charge in [0.1, 0.15) is 11.5 Å². The zero-order valence-corrected chi connectivity index (χ0v) is 63.9. The number of nitrogens with zero attached hydrogens (tertiary/aromatic N) is 5. The van der Waals surface area contributed by atoms with Gasteiger partial charge in [-0.3, -0.25) is 0 Å². The number of fused-ring (bicyclic) bond motifs is 17. The zero-order chi connectivity index (χ0) is 76.2. The van der Waals surface area contributed by atoms with Gasteiger partial charge in [0.2, 0.25) is 0 Å². The van der Waals surface area contributed by atoms with E-state index in [4.69, 9.17) is 4.74 Å². The van der Waals surface area contributed by atoms with Gasteiger partial charge in [0.05, 0.1) is 33.9 Å². The first-order valence-corrected chi connectivity index (χ1v) is 40.1. The molecule has 0 bridgehead atoms. The summed E-state index contributed by atoms with van der Waals surface area (Å²) in [6.45, 7) is 6.61. The molecule has 0 aromatic heterocycles. The molecule has 0 saturated carbocycles. The lowest BCUT2D eigenvalue weighted by atomic mass is 9.33. The van der Waals surface area contributed by atoms with Crippen LogP contribution >= 0.6 is 0 Å². The van der Waals surface area contributed by atoms with Crippen molar-refractivity contribution in [3.8, 4) is 56.0 Å². The number of rotatable bonds is 10. The standard InChI is InChI=1S/C107H75B2N5O/c1-106(2,3)73-62-98-103-99(63-73)114(105-80(71-38-13-5-14-39-71)53-35-54-81(105)72-40-15-6-16-41-72)97-69-95-87(67-91(97)108(103)88-57-30-33-60-93(88)111(98)75-44-19-8-20-45-75)107(84-55-28-25-51-82(84)83-52-26-29-56-85(83)107)86-66-90-96(68-94(86)112(95)76-46-21-9-22-47-76)113(77-48-23-10-24-49-77)100-64-78(65-102-104(100)109(90)89-58-31-34-61-101(89)115-102)110(74-42-17-7-18-43-74)92-59-32-27-50-79(92)70-36-11-4-12-37-70/h4-69H,1-3H3. The second kappa shape index (κ2) is 25.9. The van der Waals surface area contributed by atoms with E-state index in [1.165, 1.54) is 72.2 Å². The van der Waals surface area contributed by atoms with Crippen LogP contribution in [0.15, 0.2) is 400 Å². The largest absolute Gasteiger partial charge is 0.458 e. The molecule has 17 aromatic carbocycles. The van der Waals surface area contributed by atoms with Gasteiger partial charge in [0.25, 0.3) is 13.4 Å². The Labute approximate surface area is 672 Å². The summed E-state index contributed by atoms with van der Waals surface area (Å²) in [6.07, 6.45) is 0. The summed E-state index contributed by atoms with van der Waals surface area (Å²) in [5.41, 5.74) is 37.7. The number of hydrogen-bond acceptors (Lipinski definition) is 6. The van der Waals surface area contributed by atoms with Gasteiger partial charge in [0, 0.05) is 79.6 Å². The highest BCUT2D eigenvalue weighted by Gasteiger charge is 2.56. The molecule has 0 N–H and O–H groups in total. The molecule has 1 aliphatic carbocycles. The van der Waals surface area contributed by atoms with E-state index in [0.717, 1.165) is 130 Å². The summed E-state index contributed by atoms with van der Waals surface area (Å²) >= 11 is 0. The zero-order valence-electron chi connectivity index (χ0n) is 63.9. The number of ether oxygens (including phenoxy) is 1. The lowest BCUT2D eigenvalue weighted by Crippen LogP contribution is -2.62. The van der Waals surface area contributed by atoms with Crippen LogP contribution < -0.4 is 62.0 Å². The minimum Gasteiger partial charge on any atom is -0.458 e. The monoisotopic (exact) mass is 1470 g/mol. The Kier molecular flexibility index (Phi) is 15.0. The van der Waals surface area contributed by atoms with Gasteiger partial charge in [-0.25, -0.2) is 0 Å². The number of para-hydroxylation sites is 8. The number of anilines is 15. The summed E-state index contributed by atoms with van der Waals surface area (Å²) in [5, 5.41) is 0. The van der Waals surface area contributed by atoms with Crippen LogP contribution in [0.3, 0.4) is 0 Å². The van der Waals surface area contributed by atoms with Crippen LogP contribution in [0.2, 0.25) is 0 Å². The Hall–Kier alpha value is -14.3.